The Morgan fingerprint density at radius 2 is 1.60 bits per heavy atom. The molecule has 0 aliphatic heterocycles. The van der Waals surface area contributed by atoms with E-state index in [0.717, 1.165) is 21.9 Å². The minimum atomic E-state index is -2.74. The summed E-state index contributed by atoms with van der Waals surface area (Å²) in [6.45, 7) is 3.68. The fourth-order valence-electron chi connectivity index (χ4n) is 4.97. The lowest BCUT2D eigenvalue weighted by atomic mass is 9.98. The van der Waals surface area contributed by atoms with E-state index in [1.807, 2.05) is 74.5 Å². The highest BCUT2D eigenvalue weighted by Crippen LogP contribution is 2.21. The summed E-state index contributed by atoms with van der Waals surface area (Å²) in [5, 5.41) is 18.9. The zero-order valence-electron chi connectivity index (χ0n) is 26.5. The smallest absolute Gasteiger partial charge is 0.408 e. The van der Waals surface area contributed by atoms with Crippen LogP contribution in [-0.2, 0) is 43.1 Å². The molecule has 5 N–H and O–H groups in total. The van der Waals surface area contributed by atoms with Gasteiger partial charge in [0, 0.05) is 24.7 Å². The highest BCUT2D eigenvalue weighted by atomic mass is 31.1. The van der Waals surface area contributed by atoms with E-state index >= 15 is 0 Å². The molecule has 0 aliphatic carbocycles. The summed E-state index contributed by atoms with van der Waals surface area (Å²) in [6.07, 6.45) is 1.27. The first-order valence-electron chi connectivity index (χ1n) is 15.3. The Kier molecular flexibility index (Phi) is 13.2. The number of carbonyl (C=O) groups is 4. The van der Waals surface area contributed by atoms with Crippen LogP contribution in [0.1, 0.15) is 37.1 Å². The summed E-state index contributed by atoms with van der Waals surface area (Å²) in [4.78, 5) is 70.8. The number of amides is 3. The number of carboxylic acids is 1. The number of hydrogen-bond acceptors (Lipinski definition) is 8. The SMILES string of the molecule is CC(C)CC(NC(=O)[C@H](Cc1cnc[nH]1)NC(=O)[C@H](Cc1cccc2ccccc12)NC(=O)OCc1ccccc1)O/[P+]([O-])=C/C(=O)O. The fourth-order valence-corrected chi connectivity index (χ4v) is 5.60. The van der Waals surface area contributed by atoms with Crippen LogP contribution in [0.5, 0.6) is 0 Å². The molecule has 3 aromatic carbocycles. The van der Waals surface area contributed by atoms with Crippen molar-refractivity contribution in [3.8, 4) is 0 Å². The molecule has 13 nitrogen and oxygen atoms in total. The Bertz CT molecular complexity index is 1710. The maximum Gasteiger partial charge on any atom is 0.408 e. The van der Waals surface area contributed by atoms with Gasteiger partial charge in [0.1, 0.15) is 18.7 Å². The predicted molar refractivity (Wildman–Crippen MR) is 179 cm³/mol. The average molecular weight is 676 g/mol. The van der Waals surface area contributed by atoms with Crippen molar-refractivity contribution in [2.24, 2.45) is 5.92 Å². The van der Waals surface area contributed by atoms with Crippen LogP contribution in [0.15, 0.2) is 85.3 Å². The molecule has 0 radical (unpaired) electrons. The average Bonchev–Trinajstić information content (AvgIpc) is 3.56. The Hall–Kier alpha value is -5.10. The number of carboxylic acid groups (broad SMARTS) is 1. The molecule has 2 unspecified atom stereocenters. The first kappa shape index (κ1) is 35.7. The fraction of sp³-hybridized carbons (Fsp3) is 0.294. The molecule has 0 spiro atoms. The third-order valence-corrected chi connectivity index (χ3v) is 8.07. The van der Waals surface area contributed by atoms with Crippen LogP contribution in [0.3, 0.4) is 0 Å². The van der Waals surface area contributed by atoms with Gasteiger partial charge in [-0.25, -0.2) is 14.6 Å². The molecule has 0 saturated carbocycles. The molecule has 0 aliphatic rings. The predicted octanol–water partition coefficient (Wildman–Crippen LogP) is 3.19. The van der Waals surface area contributed by atoms with Gasteiger partial charge >= 0.3 is 12.1 Å². The number of nitrogens with one attached hydrogen (secondary N) is 4. The summed E-state index contributed by atoms with van der Waals surface area (Å²) >= 11 is 0. The molecule has 14 heteroatoms. The van der Waals surface area contributed by atoms with Crippen molar-refractivity contribution in [3.63, 3.8) is 0 Å². The van der Waals surface area contributed by atoms with Crippen molar-refractivity contribution in [3.05, 3.63) is 102 Å². The number of aromatic nitrogens is 2. The molecule has 0 fully saturated rings. The minimum Gasteiger partial charge on any atom is -0.603 e. The lowest BCUT2D eigenvalue weighted by Gasteiger charge is -2.25. The molecular weight excluding hydrogens is 637 g/mol. The molecule has 4 atom stereocenters. The maximum atomic E-state index is 14.0. The number of fused-ring (bicyclic) bond motifs is 1. The van der Waals surface area contributed by atoms with Crippen LogP contribution >= 0.6 is 8.00 Å². The number of carbonyl (C=O) groups excluding carboxylic acids is 3. The molecule has 0 saturated heterocycles. The second-order valence-electron chi connectivity index (χ2n) is 11.4. The van der Waals surface area contributed by atoms with E-state index in [1.165, 1.54) is 12.5 Å². The van der Waals surface area contributed by atoms with Gasteiger partial charge in [-0.1, -0.05) is 86.6 Å². The van der Waals surface area contributed by atoms with Crippen LogP contribution in [0.2, 0.25) is 0 Å². The second kappa shape index (κ2) is 17.7. The van der Waals surface area contributed by atoms with Crippen molar-refractivity contribution in [1.82, 2.24) is 25.9 Å². The van der Waals surface area contributed by atoms with Crippen LogP contribution in [0.25, 0.3) is 10.8 Å². The monoisotopic (exact) mass is 675 g/mol. The number of alkyl carbamates (subject to hydrolysis) is 1. The van der Waals surface area contributed by atoms with E-state index in [2.05, 4.69) is 25.9 Å². The van der Waals surface area contributed by atoms with E-state index in [9.17, 15) is 24.1 Å². The number of aliphatic carboxylic acids is 1. The number of ether oxygens (including phenoxy) is 1. The topological polar surface area (TPSA) is 195 Å². The summed E-state index contributed by atoms with van der Waals surface area (Å²) < 4.78 is 10.8. The lowest BCUT2D eigenvalue weighted by molar-refractivity contribution is -0.177. The Morgan fingerprint density at radius 1 is 0.917 bits per heavy atom. The summed E-state index contributed by atoms with van der Waals surface area (Å²) in [5.74, 6) is -2.30. The van der Waals surface area contributed by atoms with Gasteiger partial charge in [0.15, 0.2) is 6.23 Å². The van der Waals surface area contributed by atoms with E-state index in [4.69, 9.17) is 14.4 Å². The number of nitrogens with zero attached hydrogens (tertiary/aromatic N) is 1. The van der Waals surface area contributed by atoms with Gasteiger partial charge in [-0.2, -0.15) is 4.52 Å². The molecule has 1 aromatic heterocycles. The van der Waals surface area contributed by atoms with Gasteiger partial charge < -0.3 is 35.7 Å². The Morgan fingerprint density at radius 3 is 2.31 bits per heavy atom. The molecule has 1 heterocycles. The standard InChI is InChI=1S/C34H38N5O8P/c1-22(2)15-30(47-48(45)20-31(40)41)39-33(43)29(17-26-18-35-21-36-26)37-32(42)28(38-34(44)46-19-23-9-4-3-5-10-23)16-25-13-8-12-24-11-6-7-14-27(24)25/h3-14,18,20-22,28-30H,15-17,19H2,1-2H3,(H,35,36)(H,37,42)(H,38,44)(H,39,43)(H,40,41)/t28-,29-,30?/m0/s1. The number of benzene rings is 3. The van der Waals surface area contributed by atoms with Gasteiger partial charge in [-0.05, 0) is 34.2 Å². The third kappa shape index (κ3) is 11.3. The zero-order chi connectivity index (χ0) is 34.5. The Balaban J connectivity index is 1.57. The number of aromatic amines is 1. The van der Waals surface area contributed by atoms with Gasteiger partial charge in [0.25, 0.3) is 0 Å². The summed E-state index contributed by atoms with van der Waals surface area (Å²) in [6, 6.07) is 20.0. The molecule has 252 valence electrons. The van der Waals surface area contributed by atoms with Gasteiger partial charge in [-0.15, -0.1) is 0 Å². The number of H-pyrrole nitrogens is 1. The molecule has 4 rings (SSSR count). The van der Waals surface area contributed by atoms with Crippen molar-refractivity contribution >= 4 is 48.4 Å². The van der Waals surface area contributed by atoms with Crippen molar-refractivity contribution < 1.29 is 38.4 Å². The number of hydrogen-bond donors (Lipinski definition) is 5. The van der Waals surface area contributed by atoms with Crippen LogP contribution in [0, 0.1) is 5.92 Å². The summed E-state index contributed by atoms with van der Waals surface area (Å²) in [5.41, 5.74) is 2.08. The third-order valence-electron chi connectivity index (χ3n) is 7.17. The van der Waals surface area contributed by atoms with Crippen LogP contribution in [0.4, 0.5) is 4.79 Å². The molecule has 3 amide bonds. The van der Waals surface area contributed by atoms with E-state index in [1.54, 1.807) is 12.1 Å². The highest BCUT2D eigenvalue weighted by molar-refractivity contribution is 7.47. The lowest BCUT2D eigenvalue weighted by Crippen LogP contribution is -2.56. The Labute approximate surface area is 278 Å². The summed E-state index contributed by atoms with van der Waals surface area (Å²) in [7, 11) is -2.74. The van der Waals surface area contributed by atoms with E-state index in [-0.39, 0.29) is 31.8 Å². The molecule has 48 heavy (non-hydrogen) atoms. The van der Waals surface area contributed by atoms with Crippen LogP contribution < -0.4 is 20.8 Å². The van der Waals surface area contributed by atoms with E-state index < -0.39 is 50.2 Å². The van der Waals surface area contributed by atoms with Crippen LogP contribution in [-0.4, -0.2) is 63.1 Å². The number of rotatable bonds is 16. The molecule has 4 aromatic rings. The maximum absolute atomic E-state index is 14.0. The van der Waals surface area contributed by atoms with Crippen molar-refractivity contribution in [2.75, 3.05) is 0 Å². The molecular formula is C34H38N5O8P. The largest absolute Gasteiger partial charge is 0.603 e. The van der Waals surface area contributed by atoms with Gasteiger partial charge in [0.05, 0.1) is 6.33 Å². The normalized spacial score (nSPS) is 13.4. The zero-order valence-corrected chi connectivity index (χ0v) is 27.4. The van der Waals surface area contributed by atoms with Gasteiger partial charge in [0.2, 0.25) is 25.6 Å². The van der Waals surface area contributed by atoms with Gasteiger partial charge in [-0.3, -0.25) is 9.59 Å². The van der Waals surface area contributed by atoms with Crippen molar-refractivity contribution in [1.29, 1.82) is 0 Å². The minimum absolute atomic E-state index is 0.0149. The van der Waals surface area contributed by atoms with Crippen molar-refractivity contribution in [2.45, 2.75) is 58.0 Å². The first-order chi connectivity index (χ1) is 23.1. The second-order valence-corrected chi connectivity index (χ2v) is 12.5. The quantitative estimate of drug-likeness (QED) is 0.0876. The highest BCUT2D eigenvalue weighted by Gasteiger charge is 2.31. The molecule has 0 bridgehead atoms. The number of imidazole rings is 1. The first-order valence-corrected chi connectivity index (χ1v) is 16.5. The van der Waals surface area contributed by atoms with E-state index in [0.29, 0.717) is 11.5 Å².